The molecule has 0 saturated heterocycles. The van der Waals surface area contributed by atoms with Crippen LogP contribution in [0.2, 0.25) is 0 Å². The molecule has 0 spiro atoms. The molecule has 1 aromatic carbocycles. The van der Waals surface area contributed by atoms with E-state index in [2.05, 4.69) is 40.0 Å². The van der Waals surface area contributed by atoms with E-state index >= 15 is 0 Å². The summed E-state index contributed by atoms with van der Waals surface area (Å²) >= 11 is 3.19. The first kappa shape index (κ1) is 14.6. The molecule has 0 bridgehead atoms. The van der Waals surface area contributed by atoms with Gasteiger partial charge in [-0.25, -0.2) is 4.39 Å². The Labute approximate surface area is 111 Å². The number of rotatable bonds is 7. The number of nitrogens with one attached hydrogen (secondary N) is 1. The molecule has 2 nitrogen and oxygen atoms in total. The summed E-state index contributed by atoms with van der Waals surface area (Å²) in [5.41, 5.74) is 1.10. The number of hydrogen-bond donors (Lipinski definition) is 1. The van der Waals surface area contributed by atoms with Crippen molar-refractivity contribution >= 4 is 15.9 Å². The largest absolute Gasteiger partial charge is 0.311 e. The van der Waals surface area contributed by atoms with Gasteiger partial charge in [0.15, 0.2) is 0 Å². The molecule has 1 aromatic rings. The summed E-state index contributed by atoms with van der Waals surface area (Å²) in [7, 11) is 0. The van der Waals surface area contributed by atoms with E-state index in [1.54, 1.807) is 0 Å². The molecule has 0 heterocycles. The predicted molar refractivity (Wildman–Crippen MR) is 73.6 cm³/mol. The van der Waals surface area contributed by atoms with Crippen molar-refractivity contribution in [3.63, 3.8) is 0 Å². The third kappa shape index (κ3) is 5.15. The Hall–Kier alpha value is -0.450. The zero-order valence-electron chi connectivity index (χ0n) is 10.5. The van der Waals surface area contributed by atoms with E-state index in [0.29, 0.717) is 4.47 Å². The van der Waals surface area contributed by atoms with E-state index in [0.717, 1.165) is 38.3 Å². The van der Waals surface area contributed by atoms with E-state index in [1.807, 2.05) is 12.1 Å². The minimum atomic E-state index is -0.211. The van der Waals surface area contributed by atoms with Crippen molar-refractivity contribution in [3.8, 4) is 0 Å². The van der Waals surface area contributed by atoms with Crippen molar-refractivity contribution in [2.75, 3.05) is 26.2 Å². The van der Waals surface area contributed by atoms with Gasteiger partial charge in [-0.3, -0.25) is 0 Å². The molecule has 0 fully saturated rings. The molecule has 4 heteroatoms. The van der Waals surface area contributed by atoms with Crippen LogP contribution in [0.5, 0.6) is 0 Å². The van der Waals surface area contributed by atoms with Gasteiger partial charge in [-0.05, 0) is 46.7 Å². The van der Waals surface area contributed by atoms with Crippen LogP contribution in [0.25, 0.3) is 0 Å². The number of nitrogens with zero attached hydrogens (tertiary/aromatic N) is 1. The Balaban J connectivity index is 2.28. The molecule has 0 atom stereocenters. The van der Waals surface area contributed by atoms with Gasteiger partial charge < -0.3 is 10.2 Å². The Morgan fingerprint density at radius 3 is 2.59 bits per heavy atom. The number of halogens is 2. The highest BCUT2D eigenvalue weighted by molar-refractivity contribution is 9.10. The van der Waals surface area contributed by atoms with E-state index in [9.17, 15) is 4.39 Å². The lowest BCUT2D eigenvalue weighted by molar-refractivity contribution is 0.302. The molecule has 0 amide bonds. The molecule has 0 unspecified atom stereocenters. The first-order valence-electron chi connectivity index (χ1n) is 6.04. The van der Waals surface area contributed by atoms with Crippen LogP contribution < -0.4 is 5.32 Å². The van der Waals surface area contributed by atoms with Gasteiger partial charge in [0.05, 0.1) is 4.47 Å². The minimum absolute atomic E-state index is 0.211. The van der Waals surface area contributed by atoms with Crippen LogP contribution in [0.4, 0.5) is 4.39 Å². The van der Waals surface area contributed by atoms with Crippen molar-refractivity contribution < 1.29 is 4.39 Å². The SMILES string of the molecule is CCN(CC)CCNCc1ccc(F)c(Br)c1. The van der Waals surface area contributed by atoms with Gasteiger partial charge >= 0.3 is 0 Å². The molecule has 0 radical (unpaired) electrons. The summed E-state index contributed by atoms with van der Waals surface area (Å²) in [5, 5.41) is 3.36. The zero-order chi connectivity index (χ0) is 12.7. The molecule has 1 N–H and O–H groups in total. The van der Waals surface area contributed by atoms with Crippen molar-refractivity contribution in [2.45, 2.75) is 20.4 Å². The average molecular weight is 303 g/mol. The smallest absolute Gasteiger partial charge is 0.137 e. The molecule has 0 saturated carbocycles. The van der Waals surface area contributed by atoms with E-state index < -0.39 is 0 Å². The second-order valence-electron chi connectivity index (χ2n) is 3.95. The van der Waals surface area contributed by atoms with Crippen LogP contribution in [-0.4, -0.2) is 31.1 Å². The van der Waals surface area contributed by atoms with Gasteiger partial charge in [0, 0.05) is 19.6 Å². The third-order valence-electron chi connectivity index (χ3n) is 2.81. The van der Waals surface area contributed by atoms with Gasteiger partial charge in [-0.15, -0.1) is 0 Å². The molecular weight excluding hydrogens is 283 g/mol. The van der Waals surface area contributed by atoms with Gasteiger partial charge in [0.1, 0.15) is 5.82 Å². The first-order valence-corrected chi connectivity index (χ1v) is 6.83. The number of hydrogen-bond acceptors (Lipinski definition) is 2. The fourth-order valence-electron chi connectivity index (χ4n) is 1.66. The fourth-order valence-corrected chi connectivity index (χ4v) is 2.09. The molecule has 96 valence electrons. The molecule has 0 aromatic heterocycles. The highest BCUT2D eigenvalue weighted by atomic mass is 79.9. The molecule has 0 aliphatic rings. The monoisotopic (exact) mass is 302 g/mol. The van der Waals surface area contributed by atoms with Gasteiger partial charge in [-0.2, -0.15) is 0 Å². The van der Waals surface area contributed by atoms with Crippen molar-refractivity contribution in [1.82, 2.24) is 10.2 Å². The van der Waals surface area contributed by atoms with Crippen LogP contribution >= 0.6 is 15.9 Å². The van der Waals surface area contributed by atoms with Gasteiger partial charge in [0.25, 0.3) is 0 Å². The van der Waals surface area contributed by atoms with Crippen molar-refractivity contribution in [2.24, 2.45) is 0 Å². The lowest BCUT2D eigenvalue weighted by Crippen LogP contribution is -2.31. The highest BCUT2D eigenvalue weighted by Gasteiger charge is 2.01. The Morgan fingerprint density at radius 2 is 2.00 bits per heavy atom. The van der Waals surface area contributed by atoms with Crippen LogP contribution in [0.1, 0.15) is 19.4 Å². The Kier molecular flexibility index (Phi) is 6.70. The van der Waals surface area contributed by atoms with Crippen LogP contribution in [0.3, 0.4) is 0 Å². The lowest BCUT2D eigenvalue weighted by Gasteiger charge is -2.18. The topological polar surface area (TPSA) is 15.3 Å². The van der Waals surface area contributed by atoms with Crippen molar-refractivity contribution in [1.29, 1.82) is 0 Å². The number of benzene rings is 1. The second kappa shape index (κ2) is 7.80. The maximum Gasteiger partial charge on any atom is 0.137 e. The summed E-state index contributed by atoms with van der Waals surface area (Å²) in [6.07, 6.45) is 0. The first-order chi connectivity index (χ1) is 8.17. The van der Waals surface area contributed by atoms with E-state index in [-0.39, 0.29) is 5.82 Å². The maximum absolute atomic E-state index is 13.0. The fraction of sp³-hybridized carbons (Fsp3) is 0.538. The lowest BCUT2D eigenvalue weighted by atomic mass is 10.2. The molecule has 0 aliphatic heterocycles. The minimum Gasteiger partial charge on any atom is -0.311 e. The average Bonchev–Trinajstić information content (AvgIpc) is 2.34. The quantitative estimate of drug-likeness (QED) is 0.779. The van der Waals surface area contributed by atoms with Gasteiger partial charge in [-0.1, -0.05) is 19.9 Å². The van der Waals surface area contributed by atoms with Crippen LogP contribution in [-0.2, 0) is 6.54 Å². The molecule has 17 heavy (non-hydrogen) atoms. The molecular formula is C13H20BrFN2. The van der Waals surface area contributed by atoms with Crippen LogP contribution in [0, 0.1) is 5.82 Å². The van der Waals surface area contributed by atoms with E-state index in [4.69, 9.17) is 0 Å². The van der Waals surface area contributed by atoms with E-state index in [1.165, 1.54) is 6.07 Å². The summed E-state index contributed by atoms with van der Waals surface area (Å²) in [6.45, 7) is 9.29. The van der Waals surface area contributed by atoms with Crippen LogP contribution in [0.15, 0.2) is 22.7 Å². The zero-order valence-corrected chi connectivity index (χ0v) is 12.1. The summed E-state index contributed by atoms with van der Waals surface area (Å²) < 4.78 is 13.5. The Bertz CT molecular complexity index is 340. The predicted octanol–water partition coefficient (Wildman–Crippen LogP) is 3.02. The Morgan fingerprint density at radius 1 is 1.29 bits per heavy atom. The summed E-state index contributed by atoms with van der Waals surface area (Å²) in [6, 6.07) is 5.12. The highest BCUT2D eigenvalue weighted by Crippen LogP contribution is 2.16. The third-order valence-corrected chi connectivity index (χ3v) is 3.42. The van der Waals surface area contributed by atoms with Crippen molar-refractivity contribution in [3.05, 3.63) is 34.1 Å². The molecule has 0 aliphatic carbocycles. The summed E-state index contributed by atoms with van der Waals surface area (Å²) in [5.74, 6) is -0.211. The standard InChI is InChI=1S/C13H20BrFN2/c1-3-17(4-2)8-7-16-10-11-5-6-13(15)12(14)9-11/h5-6,9,16H,3-4,7-8,10H2,1-2H3. The summed E-state index contributed by atoms with van der Waals surface area (Å²) in [4.78, 5) is 2.37. The second-order valence-corrected chi connectivity index (χ2v) is 4.81. The van der Waals surface area contributed by atoms with Gasteiger partial charge in [0.2, 0.25) is 0 Å². The maximum atomic E-state index is 13.0. The normalized spacial score (nSPS) is 11.1. The number of likely N-dealkylation sites (N-methyl/N-ethyl adjacent to an activating group) is 1. The molecule has 1 rings (SSSR count).